The first-order chi connectivity index (χ1) is 23.5. The molecule has 1 aliphatic heterocycles. The standard InChI is InChI=1S/C43H33N5/c1-43(2)34-21-11-13-24-37(34)48-39-26-32-30-19-10-12-23-36(30)47(38(32)25-33(39)31-20-14-22-35(43)40(31)48)27-45-42(29-17-8-5-9-18-29)46-41(44-3)28-15-6-4-7-16-28/h4-26H,3,27H2,1-2H3/b45-42-,46-41?. The zero-order valence-electron chi connectivity index (χ0n) is 26.9. The van der Waals surface area contributed by atoms with Crippen molar-refractivity contribution in [1.82, 2.24) is 9.13 Å². The van der Waals surface area contributed by atoms with E-state index in [1.165, 1.54) is 49.4 Å². The number of rotatable bonds is 4. The van der Waals surface area contributed by atoms with E-state index in [2.05, 4.69) is 114 Å². The molecule has 3 heterocycles. The molecule has 5 heteroatoms. The van der Waals surface area contributed by atoms with Crippen molar-refractivity contribution in [3.8, 4) is 5.69 Å². The minimum Gasteiger partial charge on any atom is -0.320 e. The van der Waals surface area contributed by atoms with Gasteiger partial charge in [0.05, 0.1) is 27.8 Å². The summed E-state index contributed by atoms with van der Waals surface area (Å²) in [6.07, 6.45) is 0. The van der Waals surface area contributed by atoms with Gasteiger partial charge < -0.3 is 9.13 Å². The van der Waals surface area contributed by atoms with E-state index in [0.29, 0.717) is 18.3 Å². The average molecular weight is 620 g/mol. The quantitative estimate of drug-likeness (QED) is 0.139. The molecule has 8 aromatic rings. The number of benzene rings is 6. The van der Waals surface area contributed by atoms with E-state index in [1.54, 1.807) is 0 Å². The minimum atomic E-state index is -0.107. The maximum atomic E-state index is 5.19. The van der Waals surface area contributed by atoms with E-state index in [9.17, 15) is 0 Å². The lowest BCUT2D eigenvalue weighted by Crippen LogP contribution is -2.26. The minimum absolute atomic E-state index is 0.107. The Balaban J connectivity index is 1.29. The van der Waals surface area contributed by atoms with Crippen LogP contribution in [0.2, 0.25) is 0 Å². The van der Waals surface area contributed by atoms with Gasteiger partial charge in [0.1, 0.15) is 6.67 Å². The molecule has 2 aromatic heterocycles. The van der Waals surface area contributed by atoms with Crippen LogP contribution in [0, 0.1) is 0 Å². The van der Waals surface area contributed by atoms with Gasteiger partial charge in [-0.2, -0.15) is 0 Å². The van der Waals surface area contributed by atoms with Crippen molar-refractivity contribution in [1.29, 1.82) is 0 Å². The summed E-state index contributed by atoms with van der Waals surface area (Å²) in [5.74, 6) is 1.15. The Bertz CT molecular complexity index is 2620. The molecule has 48 heavy (non-hydrogen) atoms. The summed E-state index contributed by atoms with van der Waals surface area (Å²) >= 11 is 0. The lowest BCUT2D eigenvalue weighted by atomic mass is 9.75. The van der Waals surface area contributed by atoms with Crippen LogP contribution < -0.4 is 0 Å². The third kappa shape index (κ3) is 4.14. The second-order valence-electron chi connectivity index (χ2n) is 13.0. The Labute approximate surface area is 278 Å². The van der Waals surface area contributed by atoms with Gasteiger partial charge in [-0.25, -0.2) is 15.0 Å². The van der Waals surface area contributed by atoms with Gasteiger partial charge in [-0.05, 0) is 42.1 Å². The summed E-state index contributed by atoms with van der Waals surface area (Å²) in [7, 11) is 0. The third-order valence-electron chi connectivity index (χ3n) is 9.96. The molecule has 5 nitrogen and oxygen atoms in total. The van der Waals surface area contributed by atoms with Gasteiger partial charge in [0.25, 0.3) is 0 Å². The summed E-state index contributed by atoms with van der Waals surface area (Å²) in [4.78, 5) is 14.4. The highest BCUT2D eigenvalue weighted by Gasteiger charge is 2.35. The molecule has 0 saturated carbocycles. The Hall–Kier alpha value is -6.07. The number of nitrogens with zero attached hydrogens (tertiary/aromatic N) is 5. The largest absolute Gasteiger partial charge is 0.320 e. The topological polar surface area (TPSA) is 46.9 Å². The van der Waals surface area contributed by atoms with Crippen molar-refractivity contribution in [2.45, 2.75) is 25.9 Å². The number of hydrogen-bond donors (Lipinski definition) is 0. The van der Waals surface area contributed by atoms with Crippen molar-refractivity contribution >= 4 is 62.0 Å². The summed E-state index contributed by atoms with van der Waals surface area (Å²) in [6, 6.07) is 49.1. The molecule has 0 spiro atoms. The normalized spacial score (nSPS) is 14.2. The fraction of sp³-hybridized carbons (Fsp3) is 0.0930. The lowest BCUT2D eigenvalue weighted by molar-refractivity contribution is 0.630. The molecule has 0 saturated heterocycles. The number of amidine groups is 2. The van der Waals surface area contributed by atoms with Gasteiger partial charge in [0, 0.05) is 38.1 Å². The highest BCUT2D eigenvalue weighted by molar-refractivity contribution is 6.19. The molecule has 230 valence electrons. The van der Waals surface area contributed by atoms with Gasteiger partial charge in [-0.3, -0.25) is 0 Å². The molecular weight excluding hydrogens is 587 g/mol. The van der Waals surface area contributed by atoms with Crippen molar-refractivity contribution in [3.05, 3.63) is 162 Å². The molecule has 0 amide bonds. The van der Waals surface area contributed by atoms with Crippen LogP contribution in [-0.2, 0) is 12.1 Å². The molecule has 9 rings (SSSR count). The van der Waals surface area contributed by atoms with Crippen LogP contribution in [0.3, 0.4) is 0 Å². The molecule has 0 fully saturated rings. The van der Waals surface area contributed by atoms with Gasteiger partial charge in [-0.15, -0.1) is 0 Å². The highest BCUT2D eigenvalue weighted by atomic mass is 15.1. The van der Waals surface area contributed by atoms with E-state index in [4.69, 9.17) is 9.98 Å². The van der Waals surface area contributed by atoms with Gasteiger partial charge in [-0.1, -0.05) is 129 Å². The zero-order valence-corrected chi connectivity index (χ0v) is 26.9. The van der Waals surface area contributed by atoms with E-state index in [1.807, 2.05) is 60.7 Å². The summed E-state index contributed by atoms with van der Waals surface area (Å²) in [5, 5.41) is 4.92. The number of hydrogen-bond acceptors (Lipinski definition) is 1. The summed E-state index contributed by atoms with van der Waals surface area (Å²) < 4.78 is 4.80. The Kier molecular flexibility index (Phi) is 6.31. The van der Waals surface area contributed by atoms with Gasteiger partial charge in [0.15, 0.2) is 11.7 Å². The van der Waals surface area contributed by atoms with Crippen LogP contribution in [0.4, 0.5) is 0 Å². The number of aromatic nitrogens is 2. The Morgan fingerprint density at radius 2 is 1.19 bits per heavy atom. The van der Waals surface area contributed by atoms with Crippen LogP contribution in [0.25, 0.3) is 49.3 Å². The van der Waals surface area contributed by atoms with Crippen LogP contribution in [-0.4, -0.2) is 27.5 Å². The molecule has 0 unspecified atom stereocenters. The third-order valence-corrected chi connectivity index (χ3v) is 9.96. The van der Waals surface area contributed by atoms with E-state index in [-0.39, 0.29) is 5.41 Å². The first kappa shape index (κ1) is 28.2. The van der Waals surface area contributed by atoms with Crippen molar-refractivity contribution in [2.24, 2.45) is 15.0 Å². The molecule has 0 aliphatic carbocycles. The first-order valence-electron chi connectivity index (χ1n) is 16.3. The Morgan fingerprint density at radius 3 is 1.96 bits per heavy atom. The molecular formula is C43H33N5. The number of fused-ring (bicyclic) bond motifs is 8. The van der Waals surface area contributed by atoms with Crippen molar-refractivity contribution in [2.75, 3.05) is 0 Å². The Morgan fingerprint density at radius 1 is 0.583 bits per heavy atom. The van der Waals surface area contributed by atoms with Crippen LogP contribution in [0.15, 0.2) is 155 Å². The fourth-order valence-corrected chi connectivity index (χ4v) is 7.65. The SMILES string of the molecule is C=NC(=N/C(=N\Cn1c2ccccc2c2cc3c(cc21)c1cccc2c1n3-c1ccccc1C2(C)C)c1ccccc1)c1ccccc1. The monoisotopic (exact) mass is 619 g/mol. The molecule has 1 aliphatic rings. The summed E-state index contributed by atoms with van der Waals surface area (Å²) in [6.45, 7) is 8.91. The van der Waals surface area contributed by atoms with E-state index in [0.717, 1.165) is 22.2 Å². The second kappa shape index (κ2) is 10.7. The van der Waals surface area contributed by atoms with Crippen LogP contribution in [0.5, 0.6) is 0 Å². The maximum Gasteiger partial charge on any atom is 0.161 e. The van der Waals surface area contributed by atoms with Crippen LogP contribution in [0.1, 0.15) is 36.1 Å². The molecule has 0 atom stereocenters. The molecule has 6 aromatic carbocycles. The van der Waals surface area contributed by atoms with Crippen molar-refractivity contribution < 1.29 is 0 Å². The zero-order chi connectivity index (χ0) is 32.4. The number of para-hydroxylation sites is 3. The van der Waals surface area contributed by atoms with E-state index >= 15 is 0 Å². The molecule has 0 radical (unpaired) electrons. The smallest absolute Gasteiger partial charge is 0.161 e. The number of aliphatic imine (C=N–C) groups is 3. The second-order valence-corrected chi connectivity index (χ2v) is 13.0. The fourth-order valence-electron chi connectivity index (χ4n) is 7.65. The lowest BCUT2D eigenvalue weighted by Gasteiger charge is -2.34. The predicted molar refractivity (Wildman–Crippen MR) is 201 cm³/mol. The molecule has 0 N–H and O–H groups in total. The average Bonchev–Trinajstić information content (AvgIpc) is 3.63. The highest BCUT2D eigenvalue weighted by Crippen LogP contribution is 2.48. The first-order valence-corrected chi connectivity index (χ1v) is 16.3. The van der Waals surface area contributed by atoms with E-state index < -0.39 is 0 Å². The van der Waals surface area contributed by atoms with Gasteiger partial charge in [0.2, 0.25) is 0 Å². The van der Waals surface area contributed by atoms with Crippen LogP contribution >= 0.6 is 0 Å². The maximum absolute atomic E-state index is 5.19. The predicted octanol–water partition coefficient (Wildman–Crippen LogP) is 10.1. The van der Waals surface area contributed by atoms with Gasteiger partial charge >= 0.3 is 0 Å². The summed E-state index contributed by atoms with van der Waals surface area (Å²) in [5.41, 5.74) is 10.5. The van der Waals surface area contributed by atoms with Crippen molar-refractivity contribution in [3.63, 3.8) is 0 Å². The molecule has 0 bridgehead atoms.